The number of nitrogens with zero attached hydrogens (tertiary/aromatic N) is 1. The summed E-state index contributed by atoms with van der Waals surface area (Å²) in [5, 5.41) is 21.3. The summed E-state index contributed by atoms with van der Waals surface area (Å²) in [5.74, 6) is -1.16. The van der Waals surface area contributed by atoms with Crippen molar-refractivity contribution in [1.29, 1.82) is 0 Å². The Morgan fingerprint density at radius 1 is 1.33 bits per heavy atom. The first-order chi connectivity index (χ1) is 10.0. The first kappa shape index (κ1) is 15.3. The summed E-state index contributed by atoms with van der Waals surface area (Å²) >= 11 is 0. The zero-order valence-electron chi connectivity index (χ0n) is 12.0. The molecule has 1 aromatic carbocycles. The van der Waals surface area contributed by atoms with Crippen LogP contribution < -0.4 is 5.32 Å². The third kappa shape index (κ3) is 3.72. The number of phenols is 1. The van der Waals surface area contributed by atoms with Crippen molar-refractivity contribution in [3.05, 3.63) is 29.8 Å². The second-order valence-electron chi connectivity index (χ2n) is 5.27. The average molecular weight is 292 g/mol. The molecular formula is C15H20N2O4. The Balaban J connectivity index is 1.84. The summed E-state index contributed by atoms with van der Waals surface area (Å²) < 4.78 is 0. The number of phenolic OH excluding ortho intramolecular Hbond substituents is 1. The van der Waals surface area contributed by atoms with Crippen molar-refractivity contribution in [3.8, 4) is 5.75 Å². The largest absolute Gasteiger partial charge is 0.507 e. The molecule has 0 radical (unpaired) electrons. The normalized spacial score (nSPS) is 20.9. The zero-order chi connectivity index (χ0) is 15.4. The summed E-state index contributed by atoms with van der Waals surface area (Å²) in [6.07, 6.45) is 1.47. The van der Waals surface area contributed by atoms with Crippen LogP contribution in [0.25, 0.3) is 0 Å². The smallest absolute Gasteiger partial charge is 0.317 e. The maximum atomic E-state index is 12.0. The molecule has 0 unspecified atom stereocenters. The minimum Gasteiger partial charge on any atom is -0.507 e. The highest BCUT2D eigenvalue weighted by Gasteiger charge is 2.34. The molecule has 1 aliphatic carbocycles. The van der Waals surface area contributed by atoms with Gasteiger partial charge in [0.2, 0.25) is 0 Å². The van der Waals surface area contributed by atoms with E-state index in [-0.39, 0.29) is 35.8 Å². The zero-order valence-corrected chi connectivity index (χ0v) is 12.0. The highest BCUT2D eigenvalue weighted by molar-refractivity contribution is 5.97. The van der Waals surface area contributed by atoms with E-state index >= 15 is 0 Å². The molecule has 0 spiro atoms. The van der Waals surface area contributed by atoms with Crippen LogP contribution in [0.3, 0.4) is 0 Å². The van der Waals surface area contributed by atoms with E-state index in [0.29, 0.717) is 6.54 Å². The van der Waals surface area contributed by atoms with Gasteiger partial charge in [0.15, 0.2) is 0 Å². The first-order valence-electron chi connectivity index (χ1n) is 7.06. The number of carboxylic acid groups (broad SMARTS) is 1. The van der Waals surface area contributed by atoms with Gasteiger partial charge in [-0.15, -0.1) is 0 Å². The monoisotopic (exact) mass is 292 g/mol. The topological polar surface area (TPSA) is 89.9 Å². The van der Waals surface area contributed by atoms with Gasteiger partial charge in [0.25, 0.3) is 5.91 Å². The second kappa shape index (κ2) is 6.58. The van der Waals surface area contributed by atoms with Crippen molar-refractivity contribution in [1.82, 2.24) is 10.2 Å². The maximum absolute atomic E-state index is 12.0. The Kier molecular flexibility index (Phi) is 4.80. The Morgan fingerprint density at radius 2 is 2.00 bits per heavy atom. The van der Waals surface area contributed by atoms with E-state index in [4.69, 9.17) is 5.11 Å². The fraction of sp³-hybridized carbons (Fsp3) is 0.467. The van der Waals surface area contributed by atoms with Crippen LogP contribution in [0.5, 0.6) is 5.75 Å². The van der Waals surface area contributed by atoms with Crippen LogP contribution in [0.1, 0.15) is 30.1 Å². The van der Waals surface area contributed by atoms with E-state index < -0.39 is 5.97 Å². The standard InChI is InChI=1S/C15H20N2O4/c1-2-17(9-14(19)20)11-7-10(8-11)16-15(21)12-5-3-4-6-13(12)18/h3-6,10-11,18H,2,7-9H2,1H3,(H,16,21)(H,19,20). The van der Waals surface area contributed by atoms with Crippen molar-refractivity contribution in [3.63, 3.8) is 0 Å². The van der Waals surface area contributed by atoms with E-state index in [9.17, 15) is 14.7 Å². The van der Waals surface area contributed by atoms with Gasteiger partial charge >= 0.3 is 5.97 Å². The minimum absolute atomic E-state index is 0.0291. The van der Waals surface area contributed by atoms with Gasteiger partial charge < -0.3 is 15.5 Å². The van der Waals surface area contributed by atoms with Crippen LogP contribution in [-0.4, -0.2) is 52.2 Å². The van der Waals surface area contributed by atoms with Crippen molar-refractivity contribution in [2.45, 2.75) is 31.8 Å². The van der Waals surface area contributed by atoms with Gasteiger partial charge in [-0.05, 0) is 31.5 Å². The number of aliphatic carboxylic acids is 1. The van der Waals surface area contributed by atoms with Gasteiger partial charge in [0.05, 0.1) is 12.1 Å². The van der Waals surface area contributed by atoms with Crippen molar-refractivity contribution in [2.75, 3.05) is 13.1 Å². The van der Waals surface area contributed by atoms with Crippen molar-refractivity contribution >= 4 is 11.9 Å². The van der Waals surface area contributed by atoms with Crippen LogP contribution >= 0.6 is 0 Å². The Labute approximate surface area is 123 Å². The number of carboxylic acids is 1. The van der Waals surface area contributed by atoms with Crippen LogP contribution in [0.15, 0.2) is 24.3 Å². The third-order valence-corrected chi connectivity index (χ3v) is 3.86. The molecule has 1 aliphatic rings. The van der Waals surface area contributed by atoms with Crippen molar-refractivity contribution in [2.24, 2.45) is 0 Å². The molecule has 0 aliphatic heterocycles. The van der Waals surface area contributed by atoms with Gasteiger partial charge in [-0.1, -0.05) is 19.1 Å². The lowest BCUT2D eigenvalue weighted by atomic mass is 9.85. The number of likely N-dealkylation sites (N-methyl/N-ethyl adjacent to an activating group) is 1. The molecule has 0 heterocycles. The lowest BCUT2D eigenvalue weighted by Crippen LogP contribution is -2.54. The number of hydrogen-bond donors (Lipinski definition) is 3. The molecule has 6 heteroatoms. The summed E-state index contributed by atoms with van der Waals surface area (Å²) in [4.78, 5) is 24.7. The summed E-state index contributed by atoms with van der Waals surface area (Å²) in [6, 6.07) is 6.64. The van der Waals surface area contributed by atoms with E-state index in [2.05, 4.69) is 5.32 Å². The van der Waals surface area contributed by atoms with Gasteiger partial charge in [-0.25, -0.2) is 0 Å². The van der Waals surface area contributed by atoms with Crippen LogP contribution in [0.2, 0.25) is 0 Å². The number of hydrogen-bond acceptors (Lipinski definition) is 4. The van der Waals surface area contributed by atoms with Crippen LogP contribution in [0.4, 0.5) is 0 Å². The van der Waals surface area contributed by atoms with E-state index in [0.717, 1.165) is 12.8 Å². The van der Waals surface area contributed by atoms with E-state index in [1.54, 1.807) is 18.2 Å². The van der Waals surface area contributed by atoms with E-state index in [1.165, 1.54) is 6.07 Å². The van der Waals surface area contributed by atoms with E-state index in [1.807, 2.05) is 11.8 Å². The molecule has 114 valence electrons. The number of aromatic hydroxyl groups is 1. The lowest BCUT2D eigenvalue weighted by Gasteiger charge is -2.42. The molecule has 1 fully saturated rings. The molecule has 0 atom stereocenters. The predicted molar refractivity (Wildman–Crippen MR) is 77.3 cm³/mol. The van der Waals surface area contributed by atoms with Gasteiger partial charge in [0.1, 0.15) is 5.75 Å². The molecule has 0 aromatic heterocycles. The molecule has 1 saturated carbocycles. The quantitative estimate of drug-likeness (QED) is 0.729. The molecule has 21 heavy (non-hydrogen) atoms. The molecule has 3 N–H and O–H groups in total. The Bertz CT molecular complexity index is 526. The van der Waals surface area contributed by atoms with Gasteiger partial charge in [-0.2, -0.15) is 0 Å². The van der Waals surface area contributed by atoms with Crippen LogP contribution in [-0.2, 0) is 4.79 Å². The molecule has 1 aromatic rings. The Morgan fingerprint density at radius 3 is 2.57 bits per heavy atom. The van der Waals surface area contributed by atoms with Crippen LogP contribution in [0, 0.1) is 0 Å². The second-order valence-corrected chi connectivity index (χ2v) is 5.27. The number of para-hydroxylation sites is 1. The fourth-order valence-corrected chi connectivity index (χ4v) is 2.61. The third-order valence-electron chi connectivity index (χ3n) is 3.86. The molecule has 6 nitrogen and oxygen atoms in total. The van der Waals surface area contributed by atoms with Gasteiger partial charge in [-0.3, -0.25) is 14.5 Å². The number of carbonyl (C=O) groups is 2. The highest BCUT2D eigenvalue weighted by atomic mass is 16.4. The molecular weight excluding hydrogens is 272 g/mol. The van der Waals surface area contributed by atoms with Crippen molar-refractivity contribution < 1.29 is 19.8 Å². The first-order valence-corrected chi connectivity index (χ1v) is 7.06. The number of rotatable bonds is 6. The summed E-state index contributed by atoms with van der Waals surface area (Å²) in [7, 11) is 0. The average Bonchev–Trinajstić information content (AvgIpc) is 2.40. The molecule has 2 rings (SSSR count). The number of amides is 1. The minimum atomic E-state index is -0.835. The Hall–Kier alpha value is -2.08. The molecule has 0 bridgehead atoms. The fourth-order valence-electron chi connectivity index (χ4n) is 2.61. The number of carbonyl (C=O) groups excluding carboxylic acids is 1. The summed E-state index contributed by atoms with van der Waals surface area (Å²) in [5.41, 5.74) is 0.263. The SMILES string of the molecule is CCN(CC(=O)O)C1CC(NC(=O)c2ccccc2O)C1. The molecule has 0 saturated heterocycles. The maximum Gasteiger partial charge on any atom is 0.317 e. The van der Waals surface area contributed by atoms with Gasteiger partial charge in [0, 0.05) is 12.1 Å². The number of benzene rings is 1. The predicted octanol–water partition coefficient (Wildman–Crippen LogP) is 1.06. The lowest BCUT2D eigenvalue weighted by molar-refractivity contribution is -0.139. The highest BCUT2D eigenvalue weighted by Crippen LogP contribution is 2.26. The summed E-state index contributed by atoms with van der Waals surface area (Å²) in [6.45, 7) is 2.63. The number of nitrogens with one attached hydrogen (secondary N) is 1. The molecule has 1 amide bonds.